The number of carboxylic acids is 1. The van der Waals surface area contributed by atoms with Crippen LogP contribution in [-0.2, 0) is 9.53 Å². The number of aliphatic carboxylic acids is 1. The van der Waals surface area contributed by atoms with Crippen molar-refractivity contribution >= 4 is 28.9 Å². The molecule has 2 atom stereocenters. The van der Waals surface area contributed by atoms with Gasteiger partial charge < -0.3 is 14.7 Å². The summed E-state index contributed by atoms with van der Waals surface area (Å²) in [6.07, 6.45) is 0.116. The molecule has 1 N–H and O–H groups in total. The Morgan fingerprint density at radius 1 is 1.41 bits per heavy atom. The molecule has 1 fully saturated rings. The second kappa shape index (κ2) is 7.80. The van der Waals surface area contributed by atoms with Crippen LogP contribution in [0.4, 0.5) is 5.69 Å². The summed E-state index contributed by atoms with van der Waals surface area (Å²) >= 11 is 1.25. The molecule has 1 saturated heterocycles. The maximum absolute atomic E-state index is 12.8. The fourth-order valence-electron chi connectivity index (χ4n) is 3.07. The molecule has 2 unspecified atom stereocenters. The minimum absolute atomic E-state index is 0.0224. The first-order chi connectivity index (χ1) is 12.9. The predicted molar refractivity (Wildman–Crippen MR) is 96.7 cm³/mol. The first-order valence-electron chi connectivity index (χ1n) is 8.15. The molecule has 0 radical (unpaired) electrons. The van der Waals surface area contributed by atoms with Crippen molar-refractivity contribution in [2.24, 2.45) is 0 Å². The second-order valence-electron chi connectivity index (χ2n) is 6.14. The Balaban J connectivity index is 1.79. The molecule has 1 amide bonds. The van der Waals surface area contributed by atoms with Gasteiger partial charge in [0.2, 0.25) is 0 Å². The zero-order valence-electron chi connectivity index (χ0n) is 14.4. The van der Waals surface area contributed by atoms with Gasteiger partial charge in [0.05, 0.1) is 17.4 Å². The molecule has 0 saturated carbocycles. The van der Waals surface area contributed by atoms with Gasteiger partial charge in [-0.05, 0) is 18.6 Å². The summed E-state index contributed by atoms with van der Waals surface area (Å²) in [5, 5.41) is 22.0. The minimum Gasteiger partial charge on any atom is -0.481 e. The summed E-state index contributed by atoms with van der Waals surface area (Å²) in [5.74, 6) is -1.32. The van der Waals surface area contributed by atoms with Crippen LogP contribution in [-0.4, -0.2) is 57.6 Å². The van der Waals surface area contributed by atoms with Crippen LogP contribution < -0.4 is 0 Å². The van der Waals surface area contributed by atoms with Crippen LogP contribution in [0.5, 0.6) is 0 Å². The van der Waals surface area contributed by atoms with Crippen LogP contribution in [0.25, 0.3) is 10.6 Å². The van der Waals surface area contributed by atoms with E-state index in [0.29, 0.717) is 23.5 Å². The maximum Gasteiger partial charge on any atom is 0.305 e. The third-order valence-corrected chi connectivity index (χ3v) is 5.32. The highest BCUT2D eigenvalue weighted by atomic mass is 32.1. The lowest BCUT2D eigenvalue weighted by atomic mass is 10.1. The van der Waals surface area contributed by atoms with Crippen LogP contribution in [0.2, 0.25) is 0 Å². The number of carbonyl (C=O) groups excluding carboxylic acids is 1. The molecule has 142 valence electrons. The van der Waals surface area contributed by atoms with Gasteiger partial charge in [-0.3, -0.25) is 19.7 Å². The van der Waals surface area contributed by atoms with Crippen LogP contribution >= 0.6 is 11.3 Å². The summed E-state index contributed by atoms with van der Waals surface area (Å²) in [6.45, 7) is 0.317. The van der Waals surface area contributed by atoms with E-state index >= 15 is 0 Å². The molecule has 27 heavy (non-hydrogen) atoms. The predicted octanol–water partition coefficient (Wildman–Crippen LogP) is 2.42. The van der Waals surface area contributed by atoms with Crippen LogP contribution in [0.1, 0.15) is 23.3 Å². The standard InChI is InChI=1S/C17H17N3O6S/c1-26-13-6-12(7-15(21)22)19(8-13)17(23)14-9-27-16(18-14)10-2-4-11(5-3-10)20(24)25/h2-5,9,12-13H,6-8H2,1H3,(H,21,22). The van der Waals surface area contributed by atoms with Gasteiger partial charge in [0.1, 0.15) is 10.7 Å². The van der Waals surface area contributed by atoms with Crippen molar-refractivity contribution in [3.8, 4) is 10.6 Å². The molecule has 9 nitrogen and oxygen atoms in total. The van der Waals surface area contributed by atoms with Crippen molar-refractivity contribution < 1.29 is 24.4 Å². The first kappa shape index (κ1) is 18.9. The largest absolute Gasteiger partial charge is 0.481 e. The maximum atomic E-state index is 12.8. The van der Waals surface area contributed by atoms with Crippen molar-refractivity contribution in [1.29, 1.82) is 0 Å². The van der Waals surface area contributed by atoms with Gasteiger partial charge in [-0.25, -0.2) is 4.98 Å². The third-order valence-electron chi connectivity index (χ3n) is 4.43. The number of nitro groups is 1. The van der Waals surface area contributed by atoms with E-state index in [1.54, 1.807) is 17.5 Å². The van der Waals surface area contributed by atoms with Gasteiger partial charge in [-0.1, -0.05) is 0 Å². The number of hydrogen-bond donors (Lipinski definition) is 1. The van der Waals surface area contributed by atoms with Gasteiger partial charge >= 0.3 is 5.97 Å². The average molecular weight is 391 g/mol. The Hall–Kier alpha value is -2.85. The van der Waals surface area contributed by atoms with Gasteiger partial charge in [-0.15, -0.1) is 11.3 Å². The summed E-state index contributed by atoms with van der Waals surface area (Å²) in [4.78, 5) is 40.0. The average Bonchev–Trinajstić information content (AvgIpc) is 3.28. The molecular weight excluding hydrogens is 374 g/mol. The number of likely N-dealkylation sites (tertiary alicyclic amines) is 1. The fourth-order valence-corrected chi connectivity index (χ4v) is 3.87. The van der Waals surface area contributed by atoms with Gasteiger partial charge in [-0.2, -0.15) is 0 Å². The Bertz CT molecular complexity index is 866. The van der Waals surface area contributed by atoms with Gasteiger partial charge in [0, 0.05) is 42.8 Å². The van der Waals surface area contributed by atoms with E-state index in [9.17, 15) is 19.7 Å². The highest BCUT2D eigenvalue weighted by Crippen LogP contribution is 2.29. The second-order valence-corrected chi connectivity index (χ2v) is 7.00. The number of nitro benzene ring substituents is 1. The normalized spacial score (nSPS) is 19.2. The number of aromatic nitrogens is 1. The Morgan fingerprint density at radius 2 is 2.11 bits per heavy atom. The molecule has 1 aromatic heterocycles. The third kappa shape index (κ3) is 4.12. The number of non-ortho nitro benzene ring substituents is 1. The van der Waals surface area contributed by atoms with E-state index in [1.807, 2.05) is 0 Å². The topological polar surface area (TPSA) is 123 Å². The number of thiazole rings is 1. The van der Waals surface area contributed by atoms with E-state index < -0.39 is 16.9 Å². The first-order valence-corrected chi connectivity index (χ1v) is 9.03. The number of methoxy groups -OCH3 is 1. The lowest BCUT2D eigenvalue weighted by Crippen LogP contribution is -2.37. The lowest BCUT2D eigenvalue weighted by Gasteiger charge is -2.22. The van der Waals surface area contributed by atoms with Crippen molar-refractivity contribution in [3.63, 3.8) is 0 Å². The minimum atomic E-state index is -0.973. The van der Waals surface area contributed by atoms with E-state index in [2.05, 4.69) is 4.98 Å². The molecule has 2 aromatic rings. The van der Waals surface area contributed by atoms with Crippen LogP contribution in [0.15, 0.2) is 29.6 Å². The molecule has 0 spiro atoms. The number of rotatable bonds is 6. The smallest absolute Gasteiger partial charge is 0.305 e. The van der Waals surface area contributed by atoms with E-state index in [4.69, 9.17) is 9.84 Å². The van der Waals surface area contributed by atoms with Gasteiger partial charge in [0.15, 0.2) is 0 Å². The summed E-state index contributed by atoms with van der Waals surface area (Å²) in [5.41, 5.74) is 0.870. The van der Waals surface area contributed by atoms with Crippen LogP contribution in [0, 0.1) is 10.1 Å². The molecule has 1 aliphatic rings. The lowest BCUT2D eigenvalue weighted by molar-refractivity contribution is -0.384. The van der Waals surface area contributed by atoms with E-state index in [1.165, 1.54) is 35.5 Å². The molecule has 1 aliphatic heterocycles. The summed E-state index contributed by atoms with van der Waals surface area (Å²) < 4.78 is 5.28. The molecule has 1 aromatic carbocycles. The van der Waals surface area contributed by atoms with Gasteiger partial charge in [0.25, 0.3) is 11.6 Å². The zero-order chi connectivity index (χ0) is 19.6. The molecule has 0 aliphatic carbocycles. The molecule has 2 heterocycles. The van der Waals surface area contributed by atoms with Crippen LogP contribution in [0.3, 0.4) is 0 Å². The number of benzene rings is 1. The number of nitrogens with zero attached hydrogens (tertiary/aromatic N) is 3. The number of hydrogen-bond acceptors (Lipinski definition) is 7. The molecule has 3 rings (SSSR count). The molecule has 0 bridgehead atoms. The van der Waals surface area contributed by atoms with Crippen molar-refractivity contribution in [2.75, 3.05) is 13.7 Å². The van der Waals surface area contributed by atoms with Crippen molar-refractivity contribution in [3.05, 3.63) is 45.5 Å². The Morgan fingerprint density at radius 3 is 2.70 bits per heavy atom. The van der Waals surface area contributed by atoms with E-state index in [-0.39, 0.29) is 29.8 Å². The summed E-state index contributed by atoms with van der Waals surface area (Å²) in [7, 11) is 1.53. The summed E-state index contributed by atoms with van der Waals surface area (Å²) in [6, 6.07) is 5.48. The number of carboxylic acid groups (broad SMARTS) is 1. The highest BCUT2D eigenvalue weighted by molar-refractivity contribution is 7.13. The molecule has 10 heteroatoms. The SMILES string of the molecule is COC1CC(CC(=O)O)N(C(=O)c2csc(-c3ccc([N+](=O)[O-])cc3)n2)C1. The fraction of sp³-hybridized carbons (Fsp3) is 0.353. The number of amides is 1. The number of ether oxygens (including phenoxy) is 1. The highest BCUT2D eigenvalue weighted by Gasteiger charge is 2.37. The monoisotopic (exact) mass is 391 g/mol. The molecular formula is C17H17N3O6S. The Kier molecular flexibility index (Phi) is 5.47. The van der Waals surface area contributed by atoms with Crippen molar-refractivity contribution in [1.82, 2.24) is 9.88 Å². The number of carbonyl (C=O) groups is 2. The van der Waals surface area contributed by atoms with E-state index in [0.717, 1.165) is 0 Å². The Labute approximate surface area is 158 Å². The zero-order valence-corrected chi connectivity index (χ0v) is 15.2. The van der Waals surface area contributed by atoms with Crippen molar-refractivity contribution in [2.45, 2.75) is 25.0 Å². The quantitative estimate of drug-likeness (QED) is 0.592.